The van der Waals surface area contributed by atoms with Crippen molar-refractivity contribution in [1.82, 2.24) is 4.90 Å². The van der Waals surface area contributed by atoms with E-state index in [1.54, 1.807) is 11.9 Å². The van der Waals surface area contributed by atoms with Gasteiger partial charge in [-0.2, -0.15) is 26.3 Å². The number of carbonyl (C=O) groups is 1. The Balaban J connectivity index is 1.90. The van der Waals surface area contributed by atoms with Crippen molar-refractivity contribution in [2.24, 2.45) is 4.99 Å². The molecule has 0 bridgehead atoms. The lowest BCUT2D eigenvalue weighted by Gasteiger charge is -2.31. The van der Waals surface area contributed by atoms with Crippen LogP contribution in [0.4, 0.5) is 32.0 Å². The van der Waals surface area contributed by atoms with Crippen LogP contribution in [0, 0.1) is 0 Å². The molecular formula is C20H23F6N3OS. The van der Waals surface area contributed by atoms with Crippen LogP contribution in [0.2, 0.25) is 0 Å². The highest BCUT2D eigenvalue weighted by Gasteiger charge is 2.39. The molecule has 2 aliphatic rings. The smallest absolute Gasteiger partial charge is 0.333 e. The molecule has 1 heterocycles. The van der Waals surface area contributed by atoms with Crippen LogP contribution in [0.15, 0.2) is 23.2 Å². The summed E-state index contributed by atoms with van der Waals surface area (Å²) in [7, 11) is 1.65. The minimum absolute atomic E-state index is 0.0541. The second kappa shape index (κ2) is 9.30. The van der Waals surface area contributed by atoms with Crippen molar-refractivity contribution in [3.05, 3.63) is 29.3 Å². The molecule has 3 rings (SSSR count). The molecular weight excluding hydrogens is 444 g/mol. The van der Waals surface area contributed by atoms with Crippen molar-refractivity contribution in [1.29, 1.82) is 0 Å². The number of nitrogens with zero attached hydrogens (tertiary/aromatic N) is 3. The molecule has 172 valence electrons. The van der Waals surface area contributed by atoms with Gasteiger partial charge in [-0.3, -0.25) is 14.7 Å². The van der Waals surface area contributed by atoms with Gasteiger partial charge in [-0.15, -0.1) is 0 Å². The van der Waals surface area contributed by atoms with Gasteiger partial charge < -0.3 is 4.90 Å². The Bertz CT molecular complexity index is 786. The van der Waals surface area contributed by atoms with Gasteiger partial charge in [-0.25, -0.2) is 0 Å². The van der Waals surface area contributed by atoms with E-state index in [-0.39, 0.29) is 18.5 Å². The first kappa shape index (κ1) is 23.7. The second-order valence-electron chi connectivity index (χ2n) is 7.74. The number of hydrogen-bond donors (Lipinski definition) is 0. The predicted octanol–water partition coefficient (Wildman–Crippen LogP) is 5.77. The predicted molar refractivity (Wildman–Crippen MR) is 108 cm³/mol. The molecule has 2 fully saturated rings. The molecule has 1 aromatic rings. The number of thioether (sulfide) groups is 1. The highest BCUT2D eigenvalue weighted by atomic mass is 32.2. The molecule has 0 N–H and O–H groups in total. The summed E-state index contributed by atoms with van der Waals surface area (Å²) in [6, 6.07) is 1.34. The molecule has 0 aromatic heterocycles. The van der Waals surface area contributed by atoms with Crippen molar-refractivity contribution >= 4 is 29.0 Å². The van der Waals surface area contributed by atoms with E-state index in [4.69, 9.17) is 4.99 Å². The molecule has 1 saturated heterocycles. The molecule has 4 nitrogen and oxygen atoms in total. The van der Waals surface area contributed by atoms with Crippen molar-refractivity contribution < 1.29 is 31.1 Å². The SMILES string of the molecule is CN1C(=NC2CCCCCC2)SCC1N(C=O)c1cc(C(F)(F)F)cc(C(F)(F)F)c1. The van der Waals surface area contributed by atoms with Gasteiger partial charge in [0.25, 0.3) is 0 Å². The number of amides is 1. The van der Waals surface area contributed by atoms with Gasteiger partial charge in [0, 0.05) is 18.5 Å². The Morgan fingerprint density at radius 1 is 1.00 bits per heavy atom. The Hall–Kier alpha value is -1.91. The minimum Gasteiger partial charge on any atom is -0.333 e. The Morgan fingerprint density at radius 3 is 2.03 bits per heavy atom. The van der Waals surface area contributed by atoms with Gasteiger partial charge in [-0.1, -0.05) is 37.4 Å². The molecule has 1 saturated carbocycles. The first-order valence-electron chi connectivity index (χ1n) is 9.97. The fourth-order valence-corrected chi connectivity index (χ4v) is 5.05. The summed E-state index contributed by atoms with van der Waals surface area (Å²) in [4.78, 5) is 19.1. The van der Waals surface area contributed by atoms with Crippen molar-refractivity contribution in [2.75, 3.05) is 17.7 Å². The molecule has 31 heavy (non-hydrogen) atoms. The summed E-state index contributed by atoms with van der Waals surface area (Å²) in [5.74, 6) is 0.290. The summed E-state index contributed by atoms with van der Waals surface area (Å²) >= 11 is 1.35. The molecule has 1 unspecified atom stereocenters. The first-order chi connectivity index (χ1) is 14.5. The maximum atomic E-state index is 13.2. The number of benzene rings is 1. The van der Waals surface area contributed by atoms with E-state index in [0.29, 0.717) is 23.1 Å². The summed E-state index contributed by atoms with van der Waals surface area (Å²) < 4.78 is 79.2. The van der Waals surface area contributed by atoms with Crippen LogP contribution in [0.5, 0.6) is 0 Å². The lowest BCUT2D eigenvalue weighted by atomic mass is 10.1. The largest absolute Gasteiger partial charge is 0.416 e. The Morgan fingerprint density at radius 2 is 1.55 bits per heavy atom. The lowest BCUT2D eigenvalue weighted by molar-refractivity contribution is -0.143. The summed E-state index contributed by atoms with van der Waals surface area (Å²) in [5.41, 5.74) is -3.36. The molecule has 0 radical (unpaired) electrons. The monoisotopic (exact) mass is 467 g/mol. The van der Waals surface area contributed by atoms with Crippen molar-refractivity contribution in [3.8, 4) is 0 Å². The Labute approximate surface area is 180 Å². The van der Waals surface area contributed by atoms with Gasteiger partial charge in [-0.05, 0) is 31.0 Å². The quantitative estimate of drug-likeness (QED) is 0.320. The average Bonchev–Trinajstić information content (AvgIpc) is 2.89. The van der Waals surface area contributed by atoms with E-state index in [1.165, 1.54) is 11.8 Å². The van der Waals surface area contributed by atoms with E-state index >= 15 is 0 Å². The van der Waals surface area contributed by atoms with Gasteiger partial charge in [0.15, 0.2) is 5.17 Å². The molecule has 1 atom stereocenters. The van der Waals surface area contributed by atoms with E-state index in [1.807, 2.05) is 0 Å². The van der Waals surface area contributed by atoms with Crippen LogP contribution in [0.25, 0.3) is 0 Å². The number of alkyl halides is 6. The third-order valence-corrected chi connectivity index (χ3v) is 6.65. The highest BCUT2D eigenvalue weighted by Crippen LogP contribution is 2.39. The molecule has 1 aliphatic carbocycles. The third-order valence-electron chi connectivity index (χ3n) is 5.53. The molecule has 11 heteroatoms. The van der Waals surface area contributed by atoms with Crippen LogP contribution in [0.1, 0.15) is 49.7 Å². The number of aliphatic imine (C=N–C) groups is 1. The van der Waals surface area contributed by atoms with Gasteiger partial charge >= 0.3 is 12.4 Å². The lowest BCUT2D eigenvalue weighted by Crippen LogP contribution is -2.45. The number of amidine groups is 1. The number of halogens is 6. The fraction of sp³-hybridized carbons (Fsp3) is 0.600. The zero-order valence-electron chi connectivity index (χ0n) is 16.8. The molecule has 1 aromatic carbocycles. The number of rotatable bonds is 4. The minimum atomic E-state index is -4.98. The number of hydrogen-bond acceptors (Lipinski definition) is 3. The number of carbonyl (C=O) groups excluding carboxylic acids is 1. The molecule has 0 spiro atoms. The normalized spacial score (nSPS) is 22.6. The summed E-state index contributed by atoms with van der Waals surface area (Å²) in [6.07, 6.45) is -4.08. The number of anilines is 1. The van der Waals surface area contributed by atoms with Gasteiger partial charge in [0.1, 0.15) is 6.17 Å². The molecule has 1 aliphatic heterocycles. The van der Waals surface area contributed by atoms with E-state index in [0.717, 1.165) is 43.4 Å². The fourth-order valence-electron chi connectivity index (χ4n) is 3.82. The molecule has 1 amide bonds. The van der Waals surface area contributed by atoms with E-state index < -0.39 is 35.3 Å². The van der Waals surface area contributed by atoms with E-state index in [2.05, 4.69) is 0 Å². The van der Waals surface area contributed by atoms with Crippen LogP contribution in [-0.4, -0.2) is 41.5 Å². The summed E-state index contributed by atoms with van der Waals surface area (Å²) in [5, 5.41) is 0.645. The van der Waals surface area contributed by atoms with E-state index in [9.17, 15) is 31.1 Å². The standard InChI is InChI=1S/C20H23F6N3OS/c1-28-17(11-31-18(28)27-15-6-4-2-3-5-7-15)29(12-30)16-9-13(19(21,22)23)8-14(10-16)20(24,25)26/h8-10,12,15,17H,2-7,11H2,1H3. The highest BCUT2D eigenvalue weighted by molar-refractivity contribution is 8.14. The van der Waals surface area contributed by atoms with Crippen molar-refractivity contribution in [3.63, 3.8) is 0 Å². The maximum Gasteiger partial charge on any atom is 0.416 e. The maximum absolute atomic E-state index is 13.2. The van der Waals surface area contributed by atoms with Gasteiger partial charge in [0.2, 0.25) is 6.41 Å². The third kappa shape index (κ3) is 5.67. The summed E-state index contributed by atoms with van der Waals surface area (Å²) in [6.45, 7) is 0. The van der Waals surface area contributed by atoms with Crippen molar-refractivity contribution in [2.45, 2.75) is 63.1 Å². The van der Waals surface area contributed by atoms with Crippen LogP contribution in [0.3, 0.4) is 0 Å². The van der Waals surface area contributed by atoms with Crippen LogP contribution >= 0.6 is 11.8 Å². The average molecular weight is 467 g/mol. The van der Waals surface area contributed by atoms with Crippen LogP contribution in [-0.2, 0) is 17.1 Å². The Kier molecular flexibility index (Phi) is 7.12. The van der Waals surface area contributed by atoms with Gasteiger partial charge in [0.05, 0.1) is 17.2 Å². The van der Waals surface area contributed by atoms with Crippen LogP contribution < -0.4 is 4.90 Å². The zero-order chi connectivity index (χ0) is 22.8. The first-order valence-corrected chi connectivity index (χ1v) is 11.0. The topological polar surface area (TPSA) is 35.9 Å². The zero-order valence-corrected chi connectivity index (χ0v) is 17.7. The second-order valence-corrected chi connectivity index (χ2v) is 8.72.